The summed E-state index contributed by atoms with van der Waals surface area (Å²) in [4.78, 5) is 0. The largest absolute Gasteiger partial charge is 0.390 e. The van der Waals surface area contributed by atoms with Crippen molar-refractivity contribution in [2.45, 2.75) is 44.8 Å². The topological polar surface area (TPSA) is 47.3 Å². The first kappa shape index (κ1) is 12.6. The Morgan fingerprint density at radius 3 is 2.88 bits per heavy atom. The predicted octanol–water partition coefficient (Wildman–Crippen LogP) is 1.53. The van der Waals surface area contributed by atoms with Gasteiger partial charge in [0.05, 0.1) is 12.2 Å². The summed E-state index contributed by atoms with van der Waals surface area (Å²) in [6.07, 6.45) is 5.49. The van der Waals surface area contributed by atoms with Crippen molar-refractivity contribution in [2.75, 3.05) is 6.61 Å². The molecule has 2 rings (SSSR count). The van der Waals surface area contributed by atoms with E-state index >= 15 is 0 Å². The number of rotatable bonds is 7. The van der Waals surface area contributed by atoms with Crippen LogP contribution in [0.2, 0.25) is 0 Å². The lowest BCUT2D eigenvalue weighted by molar-refractivity contribution is -0.0474. The highest BCUT2D eigenvalue weighted by Crippen LogP contribution is 2.36. The highest BCUT2D eigenvalue weighted by molar-refractivity contribution is 5.00. The van der Waals surface area contributed by atoms with E-state index in [4.69, 9.17) is 4.74 Å². The number of aryl methyl sites for hydroxylation is 2. The van der Waals surface area contributed by atoms with Crippen LogP contribution in [0.25, 0.3) is 0 Å². The first-order valence-electron chi connectivity index (χ1n) is 6.49. The maximum atomic E-state index is 10.2. The van der Waals surface area contributed by atoms with Crippen LogP contribution >= 0.6 is 0 Å². The lowest BCUT2D eigenvalue weighted by Gasteiger charge is -2.22. The van der Waals surface area contributed by atoms with Crippen LogP contribution in [0.15, 0.2) is 12.3 Å². The maximum Gasteiger partial charge on any atom is 0.0861 e. The summed E-state index contributed by atoms with van der Waals surface area (Å²) in [6, 6.07) is 2.00. The molecule has 96 valence electrons. The van der Waals surface area contributed by atoms with Gasteiger partial charge in [-0.2, -0.15) is 5.10 Å². The third kappa shape index (κ3) is 3.30. The van der Waals surface area contributed by atoms with Gasteiger partial charge in [-0.25, -0.2) is 0 Å². The van der Waals surface area contributed by atoms with E-state index in [-0.39, 0.29) is 12.2 Å². The zero-order valence-electron chi connectivity index (χ0n) is 10.7. The van der Waals surface area contributed by atoms with Gasteiger partial charge in [0, 0.05) is 25.5 Å². The van der Waals surface area contributed by atoms with Gasteiger partial charge in [-0.3, -0.25) is 4.68 Å². The van der Waals surface area contributed by atoms with Gasteiger partial charge in [-0.1, -0.05) is 0 Å². The first-order valence-corrected chi connectivity index (χ1v) is 6.49. The van der Waals surface area contributed by atoms with E-state index in [0.717, 1.165) is 18.5 Å². The summed E-state index contributed by atoms with van der Waals surface area (Å²) in [5.41, 5.74) is 1.16. The number of aromatic nitrogens is 2. The average Bonchev–Trinajstić information content (AvgIpc) is 3.07. The van der Waals surface area contributed by atoms with Gasteiger partial charge in [0.2, 0.25) is 0 Å². The minimum Gasteiger partial charge on any atom is -0.390 e. The molecule has 1 heterocycles. The Labute approximate surface area is 103 Å². The van der Waals surface area contributed by atoms with Crippen molar-refractivity contribution < 1.29 is 9.84 Å². The number of aliphatic hydroxyl groups is 1. The minimum absolute atomic E-state index is 0.0354. The molecular formula is C13H22N2O2. The maximum absolute atomic E-state index is 10.2. The van der Waals surface area contributed by atoms with Gasteiger partial charge < -0.3 is 9.84 Å². The van der Waals surface area contributed by atoms with Crippen LogP contribution in [0.3, 0.4) is 0 Å². The molecule has 2 atom stereocenters. The van der Waals surface area contributed by atoms with E-state index in [1.165, 1.54) is 12.8 Å². The second-order valence-electron chi connectivity index (χ2n) is 4.81. The first-order chi connectivity index (χ1) is 8.22. The highest BCUT2D eigenvalue weighted by atomic mass is 16.5. The Morgan fingerprint density at radius 2 is 2.35 bits per heavy atom. The Hall–Kier alpha value is -0.870. The molecule has 1 aliphatic carbocycles. The molecule has 0 aromatic carbocycles. The number of aliphatic hydroxyl groups excluding tert-OH is 1. The summed E-state index contributed by atoms with van der Waals surface area (Å²) < 4.78 is 7.52. The molecule has 1 saturated carbocycles. The summed E-state index contributed by atoms with van der Waals surface area (Å²) in [5, 5.41) is 14.3. The van der Waals surface area contributed by atoms with Crippen molar-refractivity contribution in [3.63, 3.8) is 0 Å². The molecule has 4 heteroatoms. The summed E-state index contributed by atoms with van der Waals surface area (Å²) in [5.74, 6) is 0.580. The third-order valence-electron chi connectivity index (χ3n) is 3.44. The molecule has 1 fully saturated rings. The van der Waals surface area contributed by atoms with E-state index in [1.807, 2.05) is 24.7 Å². The average molecular weight is 238 g/mol. The van der Waals surface area contributed by atoms with Crippen LogP contribution in [0, 0.1) is 5.92 Å². The van der Waals surface area contributed by atoms with Gasteiger partial charge in [0.15, 0.2) is 0 Å². The van der Waals surface area contributed by atoms with Gasteiger partial charge in [0.1, 0.15) is 0 Å². The van der Waals surface area contributed by atoms with E-state index in [1.54, 1.807) is 6.20 Å². The smallest absolute Gasteiger partial charge is 0.0861 e. The normalized spacial score (nSPS) is 19.2. The minimum atomic E-state index is -0.350. The molecule has 1 aliphatic rings. The lowest BCUT2D eigenvalue weighted by Crippen LogP contribution is -2.31. The molecule has 1 N–H and O–H groups in total. The van der Waals surface area contributed by atoms with Gasteiger partial charge in [-0.05, 0) is 44.6 Å². The van der Waals surface area contributed by atoms with Gasteiger partial charge in [-0.15, -0.1) is 0 Å². The molecule has 0 saturated heterocycles. The Morgan fingerprint density at radius 1 is 1.59 bits per heavy atom. The number of nitrogens with zero attached hydrogens (tertiary/aromatic N) is 2. The summed E-state index contributed by atoms with van der Waals surface area (Å²) >= 11 is 0. The van der Waals surface area contributed by atoms with Gasteiger partial charge in [0.25, 0.3) is 0 Å². The SMILES string of the molecule is CCOC(C(O)CCc1ccnn1C)C1CC1. The fourth-order valence-corrected chi connectivity index (χ4v) is 2.29. The second-order valence-corrected chi connectivity index (χ2v) is 4.81. The number of hydrogen-bond acceptors (Lipinski definition) is 3. The molecule has 0 aliphatic heterocycles. The third-order valence-corrected chi connectivity index (χ3v) is 3.44. The molecule has 2 unspecified atom stereocenters. The monoisotopic (exact) mass is 238 g/mol. The fraction of sp³-hybridized carbons (Fsp3) is 0.769. The van der Waals surface area contributed by atoms with Crippen molar-refractivity contribution >= 4 is 0 Å². The molecule has 4 nitrogen and oxygen atoms in total. The van der Waals surface area contributed by atoms with Crippen LogP contribution in [0.5, 0.6) is 0 Å². The Kier molecular flexibility index (Phi) is 4.18. The highest BCUT2D eigenvalue weighted by Gasteiger charge is 2.36. The van der Waals surface area contributed by atoms with Crippen LogP contribution in [0.4, 0.5) is 0 Å². The molecule has 0 amide bonds. The predicted molar refractivity (Wildman–Crippen MR) is 65.7 cm³/mol. The van der Waals surface area contributed by atoms with Crippen LogP contribution < -0.4 is 0 Å². The summed E-state index contributed by atoms with van der Waals surface area (Å²) in [7, 11) is 1.93. The zero-order chi connectivity index (χ0) is 12.3. The summed E-state index contributed by atoms with van der Waals surface area (Å²) in [6.45, 7) is 2.67. The zero-order valence-corrected chi connectivity index (χ0v) is 10.7. The van der Waals surface area contributed by atoms with Crippen molar-refractivity contribution in [3.05, 3.63) is 18.0 Å². The molecule has 0 bridgehead atoms. The molecule has 0 spiro atoms. The van der Waals surface area contributed by atoms with Crippen molar-refractivity contribution in [2.24, 2.45) is 13.0 Å². The van der Waals surface area contributed by atoms with Crippen molar-refractivity contribution in [1.29, 1.82) is 0 Å². The van der Waals surface area contributed by atoms with E-state index in [0.29, 0.717) is 12.5 Å². The van der Waals surface area contributed by atoms with E-state index in [2.05, 4.69) is 5.10 Å². The van der Waals surface area contributed by atoms with Crippen LogP contribution in [-0.4, -0.2) is 33.7 Å². The number of ether oxygens (including phenoxy) is 1. The van der Waals surface area contributed by atoms with E-state index in [9.17, 15) is 5.11 Å². The fourth-order valence-electron chi connectivity index (χ4n) is 2.29. The van der Waals surface area contributed by atoms with Gasteiger partial charge >= 0.3 is 0 Å². The van der Waals surface area contributed by atoms with E-state index < -0.39 is 0 Å². The molecule has 1 aromatic rings. The Balaban J connectivity index is 1.82. The quantitative estimate of drug-likeness (QED) is 0.783. The molecule has 1 aromatic heterocycles. The second kappa shape index (κ2) is 5.65. The van der Waals surface area contributed by atoms with Crippen molar-refractivity contribution in [3.8, 4) is 0 Å². The molecule has 0 radical (unpaired) electrons. The lowest BCUT2D eigenvalue weighted by atomic mass is 10.0. The Bertz CT molecular complexity index is 347. The molecule has 17 heavy (non-hydrogen) atoms. The van der Waals surface area contributed by atoms with Crippen LogP contribution in [-0.2, 0) is 18.2 Å². The standard InChI is InChI=1S/C13H22N2O2/c1-3-17-13(10-4-5-10)12(16)7-6-11-8-9-14-15(11)2/h8-10,12-13,16H,3-7H2,1-2H3. The van der Waals surface area contributed by atoms with Crippen LogP contribution in [0.1, 0.15) is 31.9 Å². The molecular weight excluding hydrogens is 216 g/mol. The van der Waals surface area contributed by atoms with Crippen molar-refractivity contribution in [1.82, 2.24) is 9.78 Å². The number of hydrogen-bond donors (Lipinski definition) is 1.